The molecule has 11 heavy (non-hydrogen) atoms. The van der Waals surface area contributed by atoms with E-state index in [0.717, 1.165) is 6.54 Å². The second kappa shape index (κ2) is 4.33. The highest BCUT2D eigenvalue weighted by Gasteiger charge is 2.23. The Labute approximate surface area is 72.8 Å². The van der Waals surface area contributed by atoms with Crippen molar-refractivity contribution < 1.29 is 5.11 Å². The van der Waals surface area contributed by atoms with Crippen molar-refractivity contribution in [2.24, 2.45) is 0 Å². The predicted molar refractivity (Wildman–Crippen MR) is 50.0 cm³/mol. The molecule has 1 aliphatic rings. The quantitative estimate of drug-likeness (QED) is 0.667. The Morgan fingerprint density at radius 2 is 2.45 bits per heavy atom. The van der Waals surface area contributed by atoms with Gasteiger partial charge in [0.05, 0.1) is 6.10 Å². The van der Waals surface area contributed by atoms with Crippen molar-refractivity contribution in [2.45, 2.75) is 37.7 Å². The summed E-state index contributed by atoms with van der Waals surface area (Å²) in [6, 6.07) is 0.620. The summed E-state index contributed by atoms with van der Waals surface area (Å²) in [6.07, 6.45) is 1.03. The molecule has 0 saturated carbocycles. The maximum atomic E-state index is 9.03. The van der Waals surface area contributed by atoms with Gasteiger partial charge in [0.15, 0.2) is 0 Å². The average molecular weight is 175 g/mol. The van der Waals surface area contributed by atoms with Crippen LogP contribution in [0.2, 0.25) is 0 Å². The summed E-state index contributed by atoms with van der Waals surface area (Å²) in [4.78, 5) is 0. The lowest BCUT2D eigenvalue weighted by Gasteiger charge is -2.17. The molecular formula is C8H17NOS. The summed E-state index contributed by atoms with van der Waals surface area (Å²) in [6.45, 7) is 4.80. The first-order chi connectivity index (χ1) is 5.20. The minimum atomic E-state index is -0.215. The highest BCUT2D eigenvalue weighted by Crippen LogP contribution is 2.25. The van der Waals surface area contributed by atoms with Crippen LogP contribution in [-0.2, 0) is 0 Å². The fourth-order valence-electron chi connectivity index (χ4n) is 1.32. The highest BCUT2D eigenvalue weighted by atomic mass is 32.2. The van der Waals surface area contributed by atoms with Crippen LogP contribution in [0.25, 0.3) is 0 Å². The Hall–Kier alpha value is 0.270. The van der Waals surface area contributed by atoms with Gasteiger partial charge in [0.2, 0.25) is 0 Å². The minimum absolute atomic E-state index is 0.215. The van der Waals surface area contributed by atoms with E-state index in [1.54, 1.807) is 0 Å². The third kappa shape index (κ3) is 3.01. The fourth-order valence-corrected chi connectivity index (χ4v) is 2.55. The molecular weight excluding hydrogens is 158 g/mol. The third-order valence-electron chi connectivity index (χ3n) is 2.05. The van der Waals surface area contributed by atoms with Crippen molar-refractivity contribution in [3.05, 3.63) is 0 Å². The molecule has 1 heterocycles. The molecule has 0 spiro atoms. The maximum absolute atomic E-state index is 9.03. The molecule has 66 valence electrons. The van der Waals surface area contributed by atoms with E-state index in [-0.39, 0.29) is 6.10 Å². The molecule has 2 N–H and O–H groups in total. The largest absolute Gasteiger partial charge is 0.392 e. The van der Waals surface area contributed by atoms with E-state index in [1.807, 2.05) is 18.7 Å². The highest BCUT2D eigenvalue weighted by molar-refractivity contribution is 8.00. The standard InChI is InChI=1S/C8H17NOS/c1-6(10)5-9-8-3-4-11-7(8)2/h6-10H,3-5H2,1-2H3. The zero-order valence-corrected chi connectivity index (χ0v) is 8.03. The van der Waals surface area contributed by atoms with Crippen LogP contribution in [0.4, 0.5) is 0 Å². The molecule has 0 aromatic rings. The van der Waals surface area contributed by atoms with E-state index in [2.05, 4.69) is 12.2 Å². The van der Waals surface area contributed by atoms with Crippen LogP contribution in [0.15, 0.2) is 0 Å². The van der Waals surface area contributed by atoms with E-state index in [9.17, 15) is 0 Å². The summed E-state index contributed by atoms with van der Waals surface area (Å²) < 4.78 is 0. The monoisotopic (exact) mass is 175 g/mol. The molecule has 0 amide bonds. The van der Waals surface area contributed by atoms with Gasteiger partial charge >= 0.3 is 0 Å². The number of thioether (sulfide) groups is 1. The maximum Gasteiger partial charge on any atom is 0.0636 e. The van der Waals surface area contributed by atoms with Gasteiger partial charge in [0.25, 0.3) is 0 Å². The van der Waals surface area contributed by atoms with Crippen LogP contribution in [0.3, 0.4) is 0 Å². The normalized spacial score (nSPS) is 34.1. The van der Waals surface area contributed by atoms with Crippen molar-refractivity contribution >= 4 is 11.8 Å². The second-order valence-electron chi connectivity index (χ2n) is 3.23. The van der Waals surface area contributed by atoms with Crippen LogP contribution < -0.4 is 5.32 Å². The summed E-state index contributed by atoms with van der Waals surface area (Å²) in [7, 11) is 0. The Morgan fingerprint density at radius 1 is 1.73 bits per heavy atom. The van der Waals surface area contributed by atoms with Crippen LogP contribution in [0.1, 0.15) is 20.3 Å². The molecule has 0 aromatic carbocycles. The molecule has 3 atom stereocenters. The molecule has 3 unspecified atom stereocenters. The van der Waals surface area contributed by atoms with Crippen molar-refractivity contribution in [3.63, 3.8) is 0 Å². The lowest BCUT2D eigenvalue weighted by atomic mass is 10.1. The van der Waals surface area contributed by atoms with E-state index in [0.29, 0.717) is 11.3 Å². The summed E-state index contributed by atoms with van der Waals surface area (Å²) >= 11 is 2.01. The molecule has 1 aliphatic heterocycles. The topological polar surface area (TPSA) is 32.3 Å². The van der Waals surface area contributed by atoms with Crippen LogP contribution in [0, 0.1) is 0 Å². The van der Waals surface area contributed by atoms with Gasteiger partial charge in [-0.2, -0.15) is 11.8 Å². The fraction of sp³-hybridized carbons (Fsp3) is 1.00. The molecule has 1 fully saturated rings. The second-order valence-corrected chi connectivity index (χ2v) is 4.71. The van der Waals surface area contributed by atoms with Gasteiger partial charge in [0.1, 0.15) is 0 Å². The first-order valence-electron chi connectivity index (χ1n) is 4.23. The molecule has 0 aromatic heterocycles. The van der Waals surface area contributed by atoms with E-state index >= 15 is 0 Å². The smallest absolute Gasteiger partial charge is 0.0636 e. The van der Waals surface area contributed by atoms with Gasteiger partial charge in [-0.25, -0.2) is 0 Å². The van der Waals surface area contributed by atoms with E-state index < -0.39 is 0 Å². The molecule has 0 bridgehead atoms. The average Bonchev–Trinajstić information content (AvgIpc) is 2.31. The number of nitrogens with one attached hydrogen (secondary N) is 1. The van der Waals surface area contributed by atoms with Crippen molar-refractivity contribution in [1.82, 2.24) is 5.32 Å². The molecule has 1 saturated heterocycles. The number of aliphatic hydroxyl groups is 1. The van der Waals surface area contributed by atoms with Gasteiger partial charge < -0.3 is 10.4 Å². The number of hydrogen-bond donors (Lipinski definition) is 2. The van der Waals surface area contributed by atoms with Crippen LogP contribution in [-0.4, -0.2) is 34.8 Å². The molecule has 0 radical (unpaired) electrons. The van der Waals surface area contributed by atoms with Crippen LogP contribution >= 0.6 is 11.8 Å². The Bertz CT molecular complexity index is 119. The first kappa shape index (κ1) is 9.36. The van der Waals surface area contributed by atoms with Crippen molar-refractivity contribution in [1.29, 1.82) is 0 Å². The SMILES string of the molecule is CC(O)CNC1CCSC1C. The Kier molecular flexibility index (Phi) is 3.69. The lowest BCUT2D eigenvalue weighted by Crippen LogP contribution is -2.37. The predicted octanol–water partition coefficient (Wildman–Crippen LogP) is 0.851. The number of hydrogen-bond acceptors (Lipinski definition) is 3. The summed E-state index contributed by atoms with van der Waals surface area (Å²) in [5.74, 6) is 1.26. The van der Waals surface area contributed by atoms with Gasteiger partial charge in [0, 0.05) is 17.8 Å². The van der Waals surface area contributed by atoms with Crippen molar-refractivity contribution in [3.8, 4) is 0 Å². The molecule has 3 heteroatoms. The van der Waals surface area contributed by atoms with Gasteiger partial charge in [-0.3, -0.25) is 0 Å². The molecule has 1 rings (SSSR count). The van der Waals surface area contributed by atoms with Gasteiger partial charge in [-0.05, 0) is 19.1 Å². The van der Waals surface area contributed by atoms with Gasteiger partial charge in [-0.1, -0.05) is 6.92 Å². The Morgan fingerprint density at radius 3 is 2.91 bits per heavy atom. The van der Waals surface area contributed by atoms with E-state index in [1.165, 1.54) is 12.2 Å². The summed E-state index contributed by atoms with van der Waals surface area (Å²) in [5, 5.41) is 13.1. The zero-order valence-electron chi connectivity index (χ0n) is 7.21. The zero-order chi connectivity index (χ0) is 8.27. The first-order valence-corrected chi connectivity index (χ1v) is 5.28. The summed E-state index contributed by atoms with van der Waals surface area (Å²) in [5.41, 5.74) is 0. The minimum Gasteiger partial charge on any atom is -0.392 e. The molecule has 2 nitrogen and oxygen atoms in total. The lowest BCUT2D eigenvalue weighted by molar-refractivity contribution is 0.186. The van der Waals surface area contributed by atoms with Crippen molar-refractivity contribution in [2.75, 3.05) is 12.3 Å². The number of aliphatic hydroxyl groups excluding tert-OH is 1. The Balaban J connectivity index is 2.15. The van der Waals surface area contributed by atoms with E-state index in [4.69, 9.17) is 5.11 Å². The van der Waals surface area contributed by atoms with Gasteiger partial charge in [-0.15, -0.1) is 0 Å². The number of rotatable bonds is 3. The van der Waals surface area contributed by atoms with Crippen LogP contribution in [0.5, 0.6) is 0 Å². The molecule has 0 aliphatic carbocycles. The third-order valence-corrected chi connectivity index (χ3v) is 3.38.